The van der Waals surface area contributed by atoms with Crippen molar-refractivity contribution in [3.8, 4) is 11.1 Å². The van der Waals surface area contributed by atoms with Gasteiger partial charge in [-0.2, -0.15) is 4.39 Å². The summed E-state index contributed by atoms with van der Waals surface area (Å²) in [6.07, 6.45) is 3.42. The minimum Gasteiger partial charge on any atom is -0.381 e. The molecule has 0 radical (unpaired) electrons. The topological polar surface area (TPSA) is 89.0 Å². The number of pyridine rings is 1. The highest BCUT2D eigenvalue weighted by molar-refractivity contribution is 6.06. The number of halogens is 1. The number of amides is 1. The Balaban J connectivity index is 1.79. The van der Waals surface area contributed by atoms with E-state index in [-0.39, 0.29) is 17.6 Å². The van der Waals surface area contributed by atoms with Crippen LogP contribution in [0.3, 0.4) is 0 Å². The minimum atomic E-state index is -0.528. The smallest absolute Gasteiger partial charge is 0.273 e. The lowest BCUT2D eigenvalue weighted by atomic mass is 9.92. The van der Waals surface area contributed by atoms with E-state index < -0.39 is 5.95 Å². The Morgan fingerprint density at radius 3 is 2.63 bits per heavy atom. The summed E-state index contributed by atoms with van der Waals surface area (Å²) < 4.78 is 18.7. The number of nitrogens with zero attached hydrogens (tertiary/aromatic N) is 3. The van der Waals surface area contributed by atoms with E-state index in [4.69, 9.17) is 4.74 Å². The van der Waals surface area contributed by atoms with Crippen molar-refractivity contribution in [1.82, 2.24) is 20.5 Å². The van der Waals surface area contributed by atoms with Crippen molar-refractivity contribution in [3.05, 3.63) is 48.2 Å². The molecule has 0 spiro atoms. The van der Waals surface area contributed by atoms with Gasteiger partial charge in [0.2, 0.25) is 5.95 Å². The van der Waals surface area contributed by atoms with E-state index >= 15 is 0 Å². The fraction of sp³-hybridized carbons (Fsp3) is 0.364. The van der Waals surface area contributed by atoms with Crippen LogP contribution in [0.2, 0.25) is 0 Å². The summed E-state index contributed by atoms with van der Waals surface area (Å²) in [4.78, 5) is 16.2. The first-order valence-electron chi connectivity index (χ1n) is 10.1. The number of hydrogen-bond acceptors (Lipinski definition) is 6. The number of hydrogen-bond donors (Lipinski definition) is 2. The number of ether oxygens (including phenoxy) is 1. The molecule has 0 bridgehead atoms. The molecule has 1 atom stereocenters. The van der Waals surface area contributed by atoms with E-state index in [0.29, 0.717) is 17.1 Å². The van der Waals surface area contributed by atoms with Gasteiger partial charge in [-0.05, 0) is 55.5 Å². The molecule has 2 aromatic heterocycles. The van der Waals surface area contributed by atoms with Gasteiger partial charge in [0.15, 0.2) is 5.69 Å². The quantitative estimate of drug-likeness (QED) is 0.628. The summed E-state index contributed by atoms with van der Waals surface area (Å²) in [5.41, 5.74) is 3.20. The first kappa shape index (κ1) is 20.2. The van der Waals surface area contributed by atoms with Gasteiger partial charge in [0.25, 0.3) is 5.91 Å². The van der Waals surface area contributed by atoms with Crippen LogP contribution in [0.25, 0.3) is 22.0 Å². The highest BCUT2D eigenvalue weighted by Gasteiger charge is 2.24. The maximum absolute atomic E-state index is 13.2. The highest BCUT2D eigenvalue weighted by Crippen LogP contribution is 2.31. The molecule has 3 heterocycles. The molecule has 1 aliphatic rings. The molecule has 4 rings (SSSR count). The molecule has 7 nitrogen and oxygen atoms in total. The van der Waals surface area contributed by atoms with Gasteiger partial charge in [-0.1, -0.05) is 6.07 Å². The van der Waals surface area contributed by atoms with Gasteiger partial charge in [-0.25, -0.2) is 4.98 Å². The monoisotopic (exact) mass is 409 g/mol. The van der Waals surface area contributed by atoms with Crippen molar-refractivity contribution >= 4 is 22.5 Å². The van der Waals surface area contributed by atoms with Gasteiger partial charge in [0.1, 0.15) is 0 Å². The Hall–Kier alpha value is -3.13. The Kier molecular flexibility index (Phi) is 5.85. The molecule has 1 fully saturated rings. The first-order chi connectivity index (χ1) is 14.6. The number of anilines is 1. The second-order valence-electron chi connectivity index (χ2n) is 7.49. The van der Waals surface area contributed by atoms with Crippen LogP contribution in [0.5, 0.6) is 0 Å². The van der Waals surface area contributed by atoms with Crippen LogP contribution in [0.15, 0.2) is 36.5 Å². The van der Waals surface area contributed by atoms with Crippen molar-refractivity contribution in [2.75, 3.05) is 25.6 Å². The van der Waals surface area contributed by atoms with Crippen molar-refractivity contribution in [1.29, 1.82) is 0 Å². The zero-order valence-electron chi connectivity index (χ0n) is 17.0. The third-order valence-corrected chi connectivity index (χ3v) is 5.61. The van der Waals surface area contributed by atoms with Crippen LogP contribution >= 0.6 is 0 Å². The summed E-state index contributed by atoms with van der Waals surface area (Å²) >= 11 is 0. The molecule has 1 saturated heterocycles. The Morgan fingerprint density at radius 2 is 1.93 bits per heavy atom. The zero-order chi connectivity index (χ0) is 21.1. The number of aromatic nitrogens is 3. The van der Waals surface area contributed by atoms with Crippen LogP contribution in [-0.4, -0.2) is 47.4 Å². The summed E-state index contributed by atoms with van der Waals surface area (Å²) in [6.45, 7) is 3.61. The predicted octanol–water partition coefficient (Wildman–Crippen LogP) is 3.42. The second-order valence-corrected chi connectivity index (χ2v) is 7.49. The lowest BCUT2D eigenvalue weighted by Gasteiger charge is -2.29. The fourth-order valence-corrected chi connectivity index (χ4v) is 3.82. The number of carbonyl (C=O) groups excluding carboxylic acids is 1. The van der Waals surface area contributed by atoms with Gasteiger partial charge >= 0.3 is 0 Å². The standard InChI is InChI=1S/C22H24FN5O2/c1-13(14-7-9-30-10-8-14)26-20-17-11-15(16-4-6-19(23)25-12-16)3-5-18(17)27-28-21(20)22(29)24-2/h3-6,11-14H,7-10H2,1-2H3,(H,24,29)(H,26,27)/t13-/m0/s1. The average Bonchev–Trinajstić information content (AvgIpc) is 2.79. The molecule has 2 N–H and O–H groups in total. The summed E-state index contributed by atoms with van der Waals surface area (Å²) in [5.74, 6) is -0.399. The van der Waals surface area contributed by atoms with E-state index in [1.54, 1.807) is 13.1 Å². The summed E-state index contributed by atoms with van der Waals surface area (Å²) in [7, 11) is 1.57. The van der Waals surface area contributed by atoms with Crippen molar-refractivity contribution < 1.29 is 13.9 Å². The minimum absolute atomic E-state index is 0.126. The number of benzene rings is 1. The molecular formula is C22H24FN5O2. The predicted molar refractivity (Wildman–Crippen MR) is 113 cm³/mol. The molecule has 3 aromatic rings. The van der Waals surface area contributed by atoms with Crippen LogP contribution < -0.4 is 10.6 Å². The van der Waals surface area contributed by atoms with Crippen LogP contribution in [0.1, 0.15) is 30.3 Å². The Labute approximate surface area is 174 Å². The molecule has 8 heteroatoms. The molecule has 0 aliphatic carbocycles. The second kappa shape index (κ2) is 8.71. The van der Waals surface area contributed by atoms with Gasteiger partial charge in [-0.3, -0.25) is 4.79 Å². The molecular weight excluding hydrogens is 385 g/mol. The number of fused-ring (bicyclic) bond motifs is 1. The van der Waals surface area contributed by atoms with Crippen LogP contribution in [-0.2, 0) is 4.74 Å². The van der Waals surface area contributed by atoms with Crippen molar-refractivity contribution in [2.24, 2.45) is 5.92 Å². The Morgan fingerprint density at radius 1 is 1.17 bits per heavy atom. The summed E-state index contributed by atoms with van der Waals surface area (Å²) in [6, 6.07) is 8.80. The largest absolute Gasteiger partial charge is 0.381 e. The van der Waals surface area contributed by atoms with E-state index in [2.05, 4.69) is 32.7 Å². The van der Waals surface area contributed by atoms with E-state index in [0.717, 1.165) is 42.6 Å². The molecule has 1 amide bonds. The number of rotatable bonds is 5. The molecule has 156 valence electrons. The van der Waals surface area contributed by atoms with E-state index in [1.165, 1.54) is 12.3 Å². The molecule has 0 saturated carbocycles. The fourth-order valence-electron chi connectivity index (χ4n) is 3.82. The van der Waals surface area contributed by atoms with Gasteiger partial charge in [-0.15, -0.1) is 10.2 Å². The van der Waals surface area contributed by atoms with Crippen LogP contribution in [0.4, 0.5) is 10.1 Å². The summed E-state index contributed by atoms with van der Waals surface area (Å²) in [5, 5.41) is 15.4. The third-order valence-electron chi connectivity index (χ3n) is 5.61. The SMILES string of the molecule is CNC(=O)c1nnc2ccc(-c3ccc(F)nc3)cc2c1N[C@@H](C)C1CCOCC1. The average molecular weight is 409 g/mol. The lowest BCUT2D eigenvalue weighted by Crippen LogP contribution is -2.32. The molecule has 30 heavy (non-hydrogen) atoms. The van der Waals surface area contributed by atoms with Crippen molar-refractivity contribution in [2.45, 2.75) is 25.8 Å². The highest BCUT2D eigenvalue weighted by atomic mass is 19.1. The number of nitrogens with one attached hydrogen (secondary N) is 2. The maximum atomic E-state index is 13.2. The van der Waals surface area contributed by atoms with E-state index in [1.807, 2.05) is 18.2 Å². The number of carbonyl (C=O) groups is 1. The Bertz CT molecular complexity index is 1050. The maximum Gasteiger partial charge on any atom is 0.273 e. The van der Waals surface area contributed by atoms with Crippen molar-refractivity contribution in [3.63, 3.8) is 0 Å². The third kappa shape index (κ3) is 4.09. The van der Waals surface area contributed by atoms with Gasteiger partial charge < -0.3 is 15.4 Å². The van der Waals surface area contributed by atoms with Crippen LogP contribution in [0, 0.1) is 11.9 Å². The molecule has 0 unspecified atom stereocenters. The van der Waals surface area contributed by atoms with Gasteiger partial charge in [0, 0.05) is 43.4 Å². The van der Waals surface area contributed by atoms with Gasteiger partial charge in [0.05, 0.1) is 11.2 Å². The van der Waals surface area contributed by atoms with E-state index in [9.17, 15) is 9.18 Å². The normalized spacial score (nSPS) is 15.7. The molecule has 1 aliphatic heterocycles. The molecule has 1 aromatic carbocycles. The first-order valence-corrected chi connectivity index (χ1v) is 10.1. The zero-order valence-corrected chi connectivity index (χ0v) is 17.0. The lowest BCUT2D eigenvalue weighted by molar-refractivity contribution is 0.0622.